The van der Waals surface area contributed by atoms with Crippen molar-refractivity contribution in [2.45, 2.75) is 6.92 Å². The number of hydrogen-bond donors (Lipinski definition) is 1. The van der Waals surface area contributed by atoms with Gasteiger partial charge in [-0.05, 0) is 19.1 Å². The topological polar surface area (TPSA) is 68.3 Å². The second-order valence-corrected chi connectivity index (χ2v) is 6.26. The first kappa shape index (κ1) is 15.4. The number of carbonyl (C=O) groups excluding carboxylic acids is 2. The van der Waals surface area contributed by atoms with Gasteiger partial charge in [0.05, 0.1) is 4.88 Å². The first-order valence-electron chi connectivity index (χ1n) is 6.17. The fourth-order valence-electron chi connectivity index (χ4n) is 1.47. The van der Waals surface area contributed by atoms with Gasteiger partial charge < -0.3 is 10.1 Å². The van der Waals surface area contributed by atoms with Gasteiger partial charge in [0.25, 0.3) is 0 Å². The first-order valence-corrected chi connectivity index (χ1v) is 7.87. The van der Waals surface area contributed by atoms with Crippen LogP contribution in [0.5, 0.6) is 0 Å². The quantitative estimate of drug-likeness (QED) is 0.482. The third-order valence-corrected chi connectivity index (χ3v) is 4.30. The molecule has 0 aliphatic rings. The predicted molar refractivity (Wildman–Crippen MR) is 84.5 cm³/mol. The van der Waals surface area contributed by atoms with Crippen LogP contribution in [0.25, 0.3) is 0 Å². The van der Waals surface area contributed by atoms with Crippen LogP contribution in [0.2, 0.25) is 0 Å². The molecule has 2 heterocycles. The first-order chi connectivity index (χ1) is 10.1. The van der Waals surface area contributed by atoms with E-state index >= 15 is 0 Å². The van der Waals surface area contributed by atoms with Gasteiger partial charge in [0.15, 0.2) is 17.4 Å². The Labute approximate surface area is 130 Å². The highest BCUT2D eigenvalue weighted by Crippen LogP contribution is 2.17. The van der Waals surface area contributed by atoms with E-state index in [9.17, 15) is 9.59 Å². The maximum Gasteiger partial charge on any atom is 0.358 e. The molecule has 0 aliphatic heterocycles. The van der Waals surface area contributed by atoms with Gasteiger partial charge in [-0.1, -0.05) is 6.08 Å². The van der Waals surface area contributed by atoms with Crippen LogP contribution in [0.4, 0.5) is 5.13 Å². The van der Waals surface area contributed by atoms with Gasteiger partial charge in [-0.25, -0.2) is 9.78 Å². The van der Waals surface area contributed by atoms with Crippen LogP contribution in [-0.4, -0.2) is 29.9 Å². The second-order valence-electron chi connectivity index (χ2n) is 4.12. The number of esters is 1. The lowest BCUT2D eigenvalue weighted by Crippen LogP contribution is -2.13. The number of ether oxygens (including phenoxy) is 1. The Kier molecular flexibility index (Phi) is 5.24. The standard InChI is InChI=1S/C14H14N2O3S2/c1-3-6-15-14-16-10(8-20-14)13(18)19-7-11(17)12-5-4-9(2)21-12/h3-5,8H,1,6-7H2,2H3,(H,15,16). The van der Waals surface area contributed by atoms with E-state index in [2.05, 4.69) is 16.9 Å². The smallest absolute Gasteiger partial charge is 0.358 e. The molecule has 2 aromatic rings. The van der Waals surface area contributed by atoms with Gasteiger partial charge in [-0.2, -0.15) is 0 Å². The number of thiophene rings is 1. The average molecular weight is 322 g/mol. The van der Waals surface area contributed by atoms with Crippen LogP contribution in [0.1, 0.15) is 25.0 Å². The number of carbonyl (C=O) groups is 2. The fourth-order valence-corrected chi connectivity index (χ4v) is 2.95. The number of nitrogens with one attached hydrogen (secondary N) is 1. The zero-order chi connectivity index (χ0) is 15.2. The molecule has 0 aliphatic carbocycles. The lowest BCUT2D eigenvalue weighted by atomic mass is 10.3. The van der Waals surface area contributed by atoms with E-state index in [-0.39, 0.29) is 18.1 Å². The van der Waals surface area contributed by atoms with Crippen molar-refractivity contribution < 1.29 is 14.3 Å². The van der Waals surface area contributed by atoms with Crippen LogP contribution < -0.4 is 5.32 Å². The molecule has 0 radical (unpaired) electrons. The van der Waals surface area contributed by atoms with E-state index in [1.54, 1.807) is 17.5 Å². The molecule has 5 nitrogen and oxygen atoms in total. The summed E-state index contributed by atoms with van der Waals surface area (Å²) in [6.07, 6.45) is 1.70. The third kappa shape index (κ3) is 4.24. The second kappa shape index (κ2) is 7.14. The molecule has 21 heavy (non-hydrogen) atoms. The summed E-state index contributed by atoms with van der Waals surface area (Å²) in [6.45, 7) is 5.80. The monoisotopic (exact) mass is 322 g/mol. The minimum atomic E-state index is -0.598. The van der Waals surface area contributed by atoms with Crippen LogP contribution in [0.3, 0.4) is 0 Å². The Morgan fingerprint density at radius 2 is 2.29 bits per heavy atom. The normalized spacial score (nSPS) is 10.1. The van der Waals surface area contributed by atoms with Crippen LogP contribution in [-0.2, 0) is 4.74 Å². The highest BCUT2D eigenvalue weighted by atomic mass is 32.1. The summed E-state index contributed by atoms with van der Waals surface area (Å²) >= 11 is 2.68. The number of ketones is 1. The summed E-state index contributed by atoms with van der Waals surface area (Å²) < 4.78 is 4.99. The number of hydrogen-bond acceptors (Lipinski definition) is 7. The molecule has 110 valence electrons. The van der Waals surface area contributed by atoms with E-state index in [1.807, 2.05) is 13.0 Å². The van der Waals surface area contributed by atoms with Crippen molar-refractivity contribution in [3.63, 3.8) is 0 Å². The highest BCUT2D eigenvalue weighted by molar-refractivity contribution is 7.14. The van der Waals surface area contributed by atoms with E-state index in [4.69, 9.17) is 4.74 Å². The molecule has 2 aromatic heterocycles. The molecule has 0 atom stereocenters. The lowest BCUT2D eigenvalue weighted by Gasteiger charge is -2.00. The van der Waals surface area contributed by atoms with Gasteiger partial charge >= 0.3 is 5.97 Å². The van der Waals surface area contributed by atoms with Crippen LogP contribution >= 0.6 is 22.7 Å². The predicted octanol–water partition coefficient (Wildman–Crippen LogP) is 3.15. The molecule has 1 N–H and O–H groups in total. The van der Waals surface area contributed by atoms with Crippen molar-refractivity contribution in [3.8, 4) is 0 Å². The molecule has 2 rings (SSSR count). The molecule has 0 spiro atoms. The van der Waals surface area contributed by atoms with Crippen molar-refractivity contribution in [1.29, 1.82) is 0 Å². The largest absolute Gasteiger partial charge is 0.453 e. The third-order valence-electron chi connectivity index (χ3n) is 2.46. The Morgan fingerprint density at radius 1 is 1.48 bits per heavy atom. The van der Waals surface area contributed by atoms with Crippen molar-refractivity contribution in [2.75, 3.05) is 18.5 Å². The van der Waals surface area contributed by atoms with Gasteiger partial charge in [0.2, 0.25) is 5.78 Å². The Bertz CT molecular complexity index is 661. The summed E-state index contributed by atoms with van der Waals surface area (Å²) in [7, 11) is 0. The van der Waals surface area contributed by atoms with Crippen molar-refractivity contribution in [3.05, 3.63) is 45.6 Å². The molecule has 0 bridgehead atoms. The van der Waals surface area contributed by atoms with Gasteiger partial charge in [-0.3, -0.25) is 4.79 Å². The Hall–Kier alpha value is -1.99. The molecular formula is C14H14N2O3S2. The average Bonchev–Trinajstić information content (AvgIpc) is 3.11. The van der Waals surface area contributed by atoms with E-state index in [0.717, 1.165) is 4.88 Å². The highest BCUT2D eigenvalue weighted by Gasteiger charge is 2.15. The van der Waals surface area contributed by atoms with E-state index in [1.165, 1.54) is 22.7 Å². The molecular weight excluding hydrogens is 308 g/mol. The number of aryl methyl sites for hydroxylation is 1. The minimum Gasteiger partial charge on any atom is -0.453 e. The molecule has 0 saturated heterocycles. The Balaban J connectivity index is 1.88. The lowest BCUT2D eigenvalue weighted by molar-refractivity contribution is 0.0471. The fraction of sp³-hybridized carbons (Fsp3) is 0.214. The molecule has 0 aromatic carbocycles. The summed E-state index contributed by atoms with van der Waals surface area (Å²) in [6, 6.07) is 3.59. The SMILES string of the molecule is C=CCNc1nc(C(=O)OCC(=O)c2ccc(C)s2)cs1. The zero-order valence-electron chi connectivity index (χ0n) is 11.4. The van der Waals surface area contributed by atoms with Crippen molar-refractivity contribution >= 4 is 39.6 Å². The zero-order valence-corrected chi connectivity index (χ0v) is 13.1. The minimum absolute atomic E-state index is 0.196. The van der Waals surface area contributed by atoms with Crippen molar-refractivity contribution in [2.24, 2.45) is 0 Å². The number of aromatic nitrogens is 1. The molecule has 7 heteroatoms. The molecule has 0 fully saturated rings. The maximum atomic E-state index is 11.8. The number of Topliss-reactive ketones (excluding diaryl/α,β-unsaturated/α-hetero) is 1. The number of anilines is 1. The Morgan fingerprint density at radius 3 is 2.95 bits per heavy atom. The van der Waals surface area contributed by atoms with Gasteiger partial charge in [-0.15, -0.1) is 29.3 Å². The van der Waals surface area contributed by atoms with E-state index < -0.39 is 5.97 Å². The summed E-state index contributed by atoms with van der Waals surface area (Å²) in [4.78, 5) is 29.3. The van der Waals surface area contributed by atoms with Crippen molar-refractivity contribution in [1.82, 2.24) is 4.98 Å². The van der Waals surface area contributed by atoms with Gasteiger partial charge in [0.1, 0.15) is 0 Å². The van der Waals surface area contributed by atoms with Crippen LogP contribution in [0, 0.1) is 6.92 Å². The molecule has 0 saturated carbocycles. The maximum absolute atomic E-state index is 11.8. The molecule has 0 amide bonds. The van der Waals surface area contributed by atoms with E-state index in [0.29, 0.717) is 16.6 Å². The number of rotatable bonds is 7. The summed E-state index contributed by atoms with van der Waals surface area (Å²) in [5, 5.41) is 5.18. The number of nitrogens with zero attached hydrogens (tertiary/aromatic N) is 1. The summed E-state index contributed by atoms with van der Waals surface area (Å²) in [5.41, 5.74) is 0.196. The van der Waals surface area contributed by atoms with Gasteiger partial charge in [0, 0.05) is 16.8 Å². The van der Waals surface area contributed by atoms with Crippen LogP contribution in [0.15, 0.2) is 30.2 Å². The molecule has 0 unspecified atom stereocenters. The summed E-state index contributed by atoms with van der Waals surface area (Å²) in [5.74, 6) is -0.804. The number of thiazole rings is 1.